The lowest BCUT2D eigenvalue weighted by molar-refractivity contribution is -0.137. The normalized spacial score (nSPS) is 20.9. The van der Waals surface area contributed by atoms with Gasteiger partial charge in [-0.3, -0.25) is 4.79 Å². The predicted molar refractivity (Wildman–Crippen MR) is 85.6 cm³/mol. The van der Waals surface area contributed by atoms with E-state index in [0.717, 1.165) is 23.3 Å². The van der Waals surface area contributed by atoms with Gasteiger partial charge in [-0.2, -0.15) is 13.2 Å². The molecule has 0 bridgehead atoms. The third-order valence-electron chi connectivity index (χ3n) is 4.49. The number of halogens is 3. The summed E-state index contributed by atoms with van der Waals surface area (Å²) in [6.07, 6.45) is -4.39. The Labute approximate surface area is 137 Å². The molecule has 1 fully saturated rings. The van der Waals surface area contributed by atoms with E-state index in [0.29, 0.717) is 11.3 Å². The maximum atomic E-state index is 12.7. The van der Waals surface area contributed by atoms with Crippen LogP contribution in [0.15, 0.2) is 42.5 Å². The lowest BCUT2D eigenvalue weighted by atomic mass is 9.87. The van der Waals surface area contributed by atoms with E-state index < -0.39 is 23.8 Å². The number of hydrogen-bond acceptors (Lipinski definition) is 2. The summed E-state index contributed by atoms with van der Waals surface area (Å²) in [7, 11) is 0. The third-order valence-corrected chi connectivity index (χ3v) is 4.49. The van der Waals surface area contributed by atoms with Gasteiger partial charge in [-0.15, -0.1) is 0 Å². The number of carbonyl (C=O) groups is 1. The van der Waals surface area contributed by atoms with E-state index in [1.54, 1.807) is 4.90 Å². The van der Waals surface area contributed by atoms with Crippen LogP contribution in [0.3, 0.4) is 0 Å². The second-order valence-corrected chi connectivity index (χ2v) is 6.07. The Morgan fingerprint density at radius 1 is 1.00 bits per heavy atom. The molecule has 2 aromatic rings. The molecule has 0 aromatic heterocycles. The molecule has 2 N–H and O–H groups in total. The fraction of sp³-hybridized carbons (Fsp3) is 0.278. The van der Waals surface area contributed by atoms with Gasteiger partial charge in [-0.1, -0.05) is 18.2 Å². The predicted octanol–water partition coefficient (Wildman–Crippen LogP) is 3.74. The number of nitrogens with two attached hydrogens (primary N) is 1. The van der Waals surface area contributed by atoms with Crippen molar-refractivity contribution >= 4 is 11.6 Å². The first-order valence-corrected chi connectivity index (χ1v) is 7.53. The van der Waals surface area contributed by atoms with E-state index in [9.17, 15) is 18.0 Å². The number of nitrogens with zero attached hydrogens (tertiary/aromatic N) is 1. The molecular weight excluding hydrogens is 317 g/mol. The molecule has 0 spiro atoms. The summed E-state index contributed by atoms with van der Waals surface area (Å²) in [5.74, 6) is -0.233. The van der Waals surface area contributed by atoms with Crippen LogP contribution >= 0.6 is 0 Å². The third kappa shape index (κ3) is 2.67. The Hall–Kier alpha value is -2.34. The molecule has 126 valence electrons. The van der Waals surface area contributed by atoms with Gasteiger partial charge >= 0.3 is 6.18 Å². The minimum absolute atomic E-state index is 0.233. The van der Waals surface area contributed by atoms with Gasteiger partial charge < -0.3 is 10.6 Å². The highest BCUT2D eigenvalue weighted by Crippen LogP contribution is 2.39. The quantitative estimate of drug-likeness (QED) is 0.851. The van der Waals surface area contributed by atoms with Crippen LogP contribution in [-0.2, 0) is 11.0 Å². The minimum atomic E-state index is -4.39. The molecule has 2 atom stereocenters. The van der Waals surface area contributed by atoms with Crippen LogP contribution < -0.4 is 10.6 Å². The van der Waals surface area contributed by atoms with Crippen molar-refractivity contribution in [3.63, 3.8) is 0 Å². The number of β-lactam (4-membered cyclic amide) rings is 1. The molecule has 0 unspecified atom stereocenters. The molecule has 0 aliphatic carbocycles. The van der Waals surface area contributed by atoms with Crippen LogP contribution in [0, 0.1) is 13.8 Å². The van der Waals surface area contributed by atoms with E-state index in [-0.39, 0.29) is 5.91 Å². The highest BCUT2D eigenvalue weighted by atomic mass is 19.4. The van der Waals surface area contributed by atoms with Crippen molar-refractivity contribution in [1.29, 1.82) is 0 Å². The van der Waals surface area contributed by atoms with Crippen molar-refractivity contribution in [3.05, 3.63) is 64.7 Å². The number of benzene rings is 2. The lowest BCUT2D eigenvalue weighted by Gasteiger charge is -2.45. The zero-order valence-electron chi connectivity index (χ0n) is 13.3. The average Bonchev–Trinajstić information content (AvgIpc) is 2.54. The van der Waals surface area contributed by atoms with Crippen LogP contribution in [-0.4, -0.2) is 11.9 Å². The summed E-state index contributed by atoms with van der Waals surface area (Å²) in [6, 6.07) is 9.21. The molecular formula is C18H17F3N2O. The zero-order chi connectivity index (χ0) is 17.6. The monoisotopic (exact) mass is 334 g/mol. The van der Waals surface area contributed by atoms with Gasteiger partial charge in [0.1, 0.15) is 6.04 Å². The zero-order valence-corrected chi connectivity index (χ0v) is 13.3. The first-order chi connectivity index (χ1) is 11.2. The number of aryl methyl sites for hydroxylation is 2. The van der Waals surface area contributed by atoms with Crippen molar-refractivity contribution in [3.8, 4) is 0 Å². The molecule has 3 nitrogen and oxygen atoms in total. The standard InChI is InChI=1S/C18H17F3N2O/c1-10-3-8-14(9-11(10)2)23-16(15(22)17(23)24)12-4-6-13(7-5-12)18(19,20)21/h3-9,15-16H,22H2,1-2H3/t15-,16+/m0/s1. The summed E-state index contributed by atoms with van der Waals surface area (Å²) >= 11 is 0. The van der Waals surface area contributed by atoms with Crippen LogP contribution in [0.1, 0.15) is 28.3 Å². The lowest BCUT2D eigenvalue weighted by Crippen LogP contribution is -2.63. The Bertz CT molecular complexity index is 784. The Balaban J connectivity index is 1.94. The first-order valence-electron chi connectivity index (χ1n) is 7.53. The molecule has 3 rings (SSSR count). The van der Waals surface area contributed by atoms with Gasteiger partial charge in [-0.25, -0.2) is 0 Å². The molecule has 0 saturated carbocycles. The molecule has 6 heteroatoms. The highest BCUT2D eigenvalue weighted by molar-refractivity contribution is 6.05. The fourth-order valence-corrected chi connectivity index (χ4v) is 2.90. The molecule has 0 radical (unpaired) electrons. The number of rotatable bonds is 2. The number of amides is 1. The summed E-state index contributed by atoms with van der Waals surface area (Å²) < 4.78 is 38.1. The van der Waals surface area contributed by atoms with Gasteiger partial charge in [0.15, 0.2) is 0 Å². The summed E-state index contributed by atoms with van der Waals surface area (Å²) in [5.41, 5.74) is 8.61. The first kappa shape index (κ1) is 16.5. The molecule has 1 amide bonds. The van der Waals surface area contributed by atoms with Crippen LogP contribution in [0.25, 0.3) is 0 Å². The average molecular weight is 334 g/mol. The molecule has 24 heavy (non-hydrogen) atoms. The van der Waals surface area contributed by atoms with E-state index >= 15 is 0 Å². The second kappa shape index (κ2) is 5.63. The van der Waals surface area contributed by atoms with E-state index in [1.807, 2.05) is 32.0 Å². The van der Waals surface area contributed by atoms with Gasteiger partial charge in [0, 0.05) is 5.69 Å². The summed E-state index contributed by atoms with van der Waals surface area (Å²) in [5, 5.41) is 0. The SMILES string of the molecule is Cc1ccc(N2C(=O)[C@@H](N)[C@H]2c2ccc(C(F)(F)F)cc2)cc1C. The Morgan fingerprint density at radius 3 is 2.17 bits per heavy atom. The second-order valence-electron chi connectivity index (χ2n) is 6.07. The topological polar surface area (TPSA) is 46.3 Å². The van der Waals surface area contributed by atoms with E-state index in [1.165, 1.54) is 12.1 Å². The molecule has 1 aliphatic heterocycles. The van der Waals surface area contributed by atoms with Crippen LogP contribution in [0.4, 0.5) is 18.9 Å². The van der Waals surface area contributed by atoms with Gasteiger partial charge in [0.05, 0.1) is 11.6 Å². The van der Waals surface area contributed by atoms with Gasteiger partial charge in [0.25, 0.3) is 0 Å². The maximum Gasteiger partial charge on any atom is 0.416 e. The minimum Gasteiger partial charge on any atom is -0.318 e. The van der Waals surface area contributed by atoms with Crippen molar-refractivity contribution in [1.82, 2.24) is 0 Å². The number of anilines is 1. The smallest absolute Gasteiger partial charge is 0.318 e. The van der Waals surface area contributed by atoms with Gasteiger partial charge in [-0.05, 0) is 54.8 Å². The maximum absolute atomic E-state index is 12.7. The number of carbonyl (C=O) groups excluding carboxylic acids is 1. The molecule has 1 saturated heterocycles. The number of alkyl halides is 3. The van der Waals surface area contributed by atoms with E-state index in [2.05, 4.69) is 0 Å². The van der Waals surface area contributed by atoms with Crippen LogP contribution in [0.5, 0.6) is 0 Å². The van der Waals surface area contributed by atoms with Crippen molar-refractivity contribution in [2.75, 3.05) is 4.90 Å². The molecule has 1 aliphatic rings. The largest absolute Gasteiger partial charge is 0.416 e. The number of hydrogen-bond donors (Lipinski definition) is 1. The highest BCUT2D eigenvalue weighted by Gasteiger charge is 2.46. The summed E-state index contributed by atoms with van der Waals surface area (Å²) in [4.78, 5) is 13.7. The Kier molecular flexibility index (Phi) is 3.87. The molecule has 2 aromatic carbocycles. The molecule has 1 heterocycles. The van der Waals surface area contributed by atoms with E-state index in [4.69, 9.17) is 5.73 Å². The summed E-state index contributed by atoms with van der Waals surface area (Å²) in [6.45, 7) is 3.91. The fourth-order valence-electron chi connectivity index (χ4n) is 2.90. The van der Waals surface area contributed by atoms with Gasteiger partial charge in [0.2, 0.25) is 5.91 Å². The van der Waals surface area contributed by atoms with Crippen molar-refractivity contribution in [2.45, 2.75) is 32.1 Å². The Morgan fingerprint density at radius 2 is 1.62 bits per heavy atom. The van der Waals surface area contributed by atoms with Crippen LogP contribution in [0.2, 0.25) is 0 Å². The van der Waals surface area contributed by atoms with Crippen molar-refractivity contribution < 1.29 is 18.0 Å². The van der Waals surface area contributed by atoms with Crippen molar-refractivity contribution in [2.24, 2.45) is 5.73 Å².